The molecule has 1 aromatic heterocycles. The lowest BCUT2D eigenvalue weighted by Crippen LogP contribution is -2.46. The van der Waals surface area contributed by atoms with Crippen LogP contribution in [-0.2, 0) is 7.05 Å². The van der Waals surface area contributed by atoms with E-state index in [1.807, 2.05) is 48.1 Å². The highest BCUT2D eigenvalue weighted by Gasteiger charge is 2.19. The zero-order valence-electron chi connectivity index (χ0n) is 16.6. The molecule has 0 atom stereocenters. The van der Waals surface area contributed by atoms with Crippen molar-refractivity contribution in [1.82, 2.24) is 9.47 Å². The molecule has 146 valence electrons. The molecule has 1 saturated heterocycles. The van der Waals surface area contributed by atoms with Gasteiger partial charge in [0.25, 0.3) is 0 Å². The van der Waals surface area contributed by atoms with E-state index in [2.05, 4.69) is 28.0 Å². The number of Topliss-reactive ketones (excluding diaryl/α,β-unsaturated/α-hetero) is 1. The van der Waals surface area contributed by atoms with E-state index < -0.39 is 0 Å². The number of anilines is 1. The predicted molar refractivity (Wildman–Crippen MR) is 114 cm³/mol. The first-order chi connectivity index (χ1) is 13.7. The number of aryl methyl sites for hydroxylation is 1. The SMILES string of the molecule is COc1cccc(N2CCN(CCC(=O)c3cn(C)c4ccccc34)CC2)c1. The van der Waals surface area contributed by atoms with Crippen molar-refractivity contribution in [3.63, 3.8) is 0 Å². The largest absolute Gasteiger partial charge is 0.497 e. The monoisotopic (exact) mass is 377 g/mol. The van der Waals surface area contributed by atoms with Gasteiger partial charge >= 0.3 is 0 Å². The Kier molecular flexibility index (Phi) is 5.35. The van der Waals surface area contributed by atoms with Gasteiger partial charge in [-0.15, -0.1) is 0 Å². The molecule has 3 aromatic rings. The van der Waals surface area contributed by atoms with Gasteiger partial charge in [0, 0.05) is 80.6 Å². The standard InChI is InChI=1S/C23H27N3O2/c1-24-17-21(20-8-3-4-9-22(20)24)23(27)10-11-25-12-14-26(15-13-25)18-6-5-7-19(16-18)28-2/h3-9,16-17H,10-15H2,1-2H3. The molecule has 1 aliphatic rings. The summed E-state index contributed by atoms with van der Waals surface area (Å²) in [6.45, 7) is 4.69. The van der Waals surface area contributed by atoms with Crippen molar-refractivity contribution < 1.29 is 9.53 Å². The third-order valence-corrected chi connectivity index (χ3v) is 5.64. The fraction of sp³-hybridized carbons (Fsp3) is 0.348. The number of benzene rings is 2. The van der Waals surface area contributed by atoms with Gasteiger partial charge in [0.05, 0.1) is 7.11 Å². The van der Waals surface area contributed by atoms with Gasteiger partial charge in [-0.1, -0.05) is 24.3 Å². The van der Waals surface area contributed by atoms with Crippen LogP contribution in [0.1, 0.15) is 16.8 Å². The van der Waals surface area contributed by atoms with Crippen molar-refractivity contribution in [3.05, 3.63) is 60.3 Å². The van der Waals surface area contributed by atoms with Crippen LogP contribution in [0.15, 0.2) is 54.7 Å². The van der Waals surface area contributed by atoms with Crippen molar-refractivity contribution in [2.24, 2.45) is 7.05 Å². The molecule has 1 fully saturated rings. The molecule has 0 saturated carbocycles. The quantitative estimate of drug-likeness (QED) is 0.616. The summed E-state index contributed by atoms with van der Waals surface area (Å²) in [6, 6.07) is 16.3. The van der Waals surface area contributed by atoms with E-state index in [1.54, 1.807) is 7.11 Å². The Labute approximate surface area is 166 Å². The molecule has 0 N–H and O–H groups in total. The van der Waals surface area contributed by atoms with E-state index >= 15 is 0 Å². The van der Waals surface area contributed by atoms with Crippen molar-refractivity contribution in [2.75, 3.05) is 44.7 Å². The number of rotatable bonds is 6. The zero-order valence-corrected chi connectivity index (χ0v) is 16.6. The lowest BCUT2D eigenvalue weighted by atomic mass is 10.1. The number of ether oxygens (including phenoxy) is 1. The molecule has 0 unspecified atom stereocenters. The van der Waals surface area contributed by atoms with Crippen LogP contribution in [0.3, 0.4) is 0 Å². The molecule has 0 amide bonds. The van der Waals surface area contributed by atoms with Gasteiger partial charge in [-0.3, -0.25) is 9.69 Å². The van der Waals surface area contributed by atoms with Crippen LogP contribution in [0.5, 0.6) is 5.75 Å². The van der Waals surface area contributed by atoms with E-state index in [9.17, 15) is 4.79 Å². The highest BCUT2D eigenvalue weighted by Crippen LogP contribution is 2.23. The fourth-order valence-electron chi connectivity index (χ4n) is 4.00. The lowest BCUT2D eigenvalue weighted by molar-refractivity contribution is 0.0964. The maximum Gasteiger partial charge on any atom is 0.166 e. The molecule has 4 rings (SSSR count). The molecular formula is C23H27N3O2. The minimum Gasteiger partial charge on any atom is -0.497 e. The number of aromatic nitrogens is 1. The van der Waals surface area contributed by atoms with Crippen LogP contribution in [0.2, 0.25) is 0 Å². The Bertz CT molecular complexity index is 971. The smallest absolute Gasteiger partial charge is 0.166 e. The molecule has 0 aliphatic carbocycles. The number of fused-ring (bicyclic) bond motifs is 1. The van der Waals surface area contributed by atoms with E-state index in [0.29, 0.717) is 6.42 Å². The van der Waals surface area contributed by atoms with E-state index in [-0.39, 0.29) is 5.78 Å². The van der Waals surface area contributed by atoms with Crippen LogP contribution < -0.4 is 9.64 Å². The Morgan fingerprint density at radius 2 is 1.82 bits per heavy atom. The Hall–Kier alpha value is -2.79. The molecule has 1 aliphatic heterocycles. The number of hydrogen-bond acceptors (Lipinski definition) is 4. The number of carbonyl (C=O) groups is 1. The second-order valence-electron chi connectivity index (χ2n) is 7.37. The van der Waals surface area contributed by atoms with Crippen molar-refractivity contribution >= 4 is 22.4 Å². The van der Waals surface area contributed by atoms with Crippen molar-refractivity contribution in [3.8, 4) is 5.75 Å². The highest BCUT2D eigenvalue weighted by atomic mass is 16.5. The molecule has 2 heterocycles. The number of nitrogens with zero attached hydrogens (tertiary/aromatic N) is 3. The normalized spacial score (nSPS) is 15.1. The van der Waals surface area contributed by atoms with Crippen molar-refractivity contribution in [2.45, 2.75) is 6.42 Å². The molecule has 0 spiro atoms. The topological polar surface area (TPSA) is 37.7 Å². The molecule has 0 bridgehead atoms. The lowest BCUT2D eigenvalue weighted by Gasteiger charge is -2.36. The predicted octanol–water partition coefficient (Wildman–Crippen LogP) is 3.58. The maximum absolute atomic E-state index is 12.8. The molecule has 28 heavy (non-hydrogen) atoms. The summed E-state index contributed by atoms with van der Waals surface area (Å²) >= 11 is 0. The van der Waals surface area contributed by atoms with Gasteiger partial charge in [0.15, 0.2) is 5.78 Å². The second kappa shape index (κ2) is 8.07. The first-order valence-corrected chi connectivity index (χ1v) is 9.84. The summed E-state index contributed by atoms with van der Waals surface area (Å²) < 4.78 is 7.37. The van der Waals surface area contributed by atoms with Crippen LogP contribution in [0, 0.1) is 0 Å². The molecule has 5 heteroatoms. The Balaban J connectivity index is 1.33. The zero-order chi connectivity index (χ0) is 19.5. The molecule has 2 aromatic carbocycles. The van der Waals surface area contributed by atoms with Gasteiger partial charge in [-0.05, 0) is 18.2 Å². The van der Waals surface area contributed by atoms with Gasteiger partial charge in [-0.2, -0.15) is 0 Å². The second-order valence-corrected chi connectivity index (χ2v) is 7.37. The molecular weight excluding hydrogens is 350 g/mol. The van der Waals surface area contributed by atoms with Gasteiger partial charge < -0.3 is 14.2 Å². The van der Waals surface area contributed by atoms with Crippen LogP contribution >= 0.6 is 0 Å². The third kappa shape index (κ3) is 3.76. The number of ketones is 1. The number of piperazine rings is 1. The number of carbonyl (C=O) groups excluding carboxylic acids is 1. The summed E-state index contributed by atoms with van der Waals surface area (Å²) in [7, 11) is 3.70. The van der Waals surface area contributed by atoms with Gasteiger partial charge in [-0.25, -0.2) is 0 Å². The summed E-state index contributed by atoms with van der Waals surface area (Å²) in [5.74, 6) is 1.12. The summed E-state index contributed by atoms with van der Waals surface area (Å²) in [4.78, 5) is 17.6. The number of hydrogen-bond donors (Lipinski definition) is 0. The fourth-order valence-corrected chi connectivity index (χ4v) is 4.00. The number of methoxy groups -OCH3 is 1. The number of para-hydroxylation sites is 1. The van der Waals surface area contributed by atoms with E-state index in [0.717, 1.165) is 54.9 Å². The third-order valence-electron chi connectivity index (χ3n) is 5.64. The van der Waals surface area contributed by atoms with E-state index in [4.69, 9.17) is 4.74 Å². The average Bonchev–Trinajstić information content (AvgIpc) is 3.09. The Morgan fingerprint density at radius 3 is 2.61 bits per heavy atom. The average molecular weight is 377 g/mol. The summed E-state index contributed by atoms with van der Waals surface area (Å²) in [6.07, 6.45) is 2.53. The van der Waals surface area contributed by atoms with Crippen LogP contribution in [0.4, 0.5) is 5.69 Å². The van der Waals surface area contributed by atoms with Crippen LogP contribution in [-0.4, -0.2) is 55.1 Å². The van der Waals surface area contributed by atoms with Crippen LogP contribution in [0.25, 0.3) is 10.9 Å². The highest BCUT2D eigenvalue weighted by molar-refractivity contribution is 6.08. The van der Waals surface area contributed by atoms with Gasteiger partial charge in [0.1, 0.15) is 5.75 Å². The Morgan fingerprint density at radius 1 is 1.04 bits per heavy atom. The first kappa shape index (κ1) is 18.6. The van der Waals surface area contributed by atoms with Crippen molar-refractivity contribution in [1.29, 1.82) is 0 Å². The molecule has 5 nitrogen and oxygen atoms in total. The summed E-state index contributed by atoms with van der Waals surface area (Å²) in [5, 5.41) is 1.05. The van der Waals surface area contributed by atoms with Gasteiger partial charge in [0.2, 0.25) is 0 Å². The first-order valence-electron chi connectivity index (χ1n) is 9.84. The minimum absolute atomic E-state index is 0.229. The minimum atomic E-state index is 0.229. The molecule has 0 radical (unpaired) electrons. The summed E-state index contributed by atoms with van der Waals surface area (Å²) in [5.41, 5.74) is 3.15. The maximum atomic E-state index is 12.8. The van der Waals surface area contributed by atoms with E-state index in [1.165, 1.54) is 5.69 Å².